The molecule has 65 heavy (non-hydrogen) atoms. The van der Waals surface area contributed by atoms with Crippen LogP contribution in [0.2, 0.25) is 0 Å². The molecule has 0 spiro atoms. The van der Waals surface area contributed by atoms with Crippen molar-refractivity contribution in [2.75, 3.05) is 0 Å². The second-order valence-electron chi connectivity index (χ2n) is 16.8. The van der Waals surface area contributed by atoms with Gasteiger partial charge in [-0.1, -0.05) is 152 Å². The quantitative estimate of drug-likeness (QED) is 0.173. The Labute approximate surface area is 376 Å². The zero-order valence-corrected chi connectivity index (χ0v) is 35.7. The first-order valence-corrected chi connectivity index (χ1v) is 22.7. The third-order valence-corrected chi connectivity index (χ3v) is 14.3. The van der Waals surface area contributed by atoms with Gasteiger partial charge in [-0.05, 0) is 71.4 Å². The molecule has 0 aliphatic heterocycles. The van der Waals surface area contributed by atoms with E-state index in [0.717, 1.165) is 49.9 Å². The lowest BCUT2D eigenvalue weighted by atomic mass is 10.0. The van der Waals surface area contributed by atoms with Crippen LogP contribution in [0, 0.1) is 0 Å². The Balaban J connectivity index is 1.08. The van der Waals surface area contributed by atoms with Gasteiger partial charge in [0.05, 0.1) is 27.8 Å². The Morgan fingerprint density at radius 2 is 0.877 bits per heavy atom. The number of hydrogen-bond donors (Lipinski definition) is 0. The minimum absolute atomic E-state index is 0.627. The smallest absolute Gasteiger partial charge is 0.164 e. The molecule has 0 radical (unpaired) electrons. The van der Waals surface area contributed by atoms with Crippen molar-refractivity contribution in [2.24, 2.45) is 0 Å². The van der Waals surface area contributed by atoms with Gasteiger partial charge in [0.1, 0.15) is 0 Å². The minimum atomic E-state index is 0.627. The molecular weight excluding hydrogens is 811 g/mol. The van der Waals surface area contributed by atoms with E-state index in [0.29, 0.717) is 17.5 Å². The van der Waals surface area contributed by atoms with Crippen LogP contribution in [0.15, 0.2) is 212 Å². The number of fused-ring (bicyclic) bond motifs is 12. The lowest BCUT2D eigenvalue weighted by molar-refractivity contribution is 1.07. The maximum absolute atomic E-state index is 5.27. The highest BCUT2D eigenvalue weighted by Gasteiger charge is 2.22. The zero-order chi connectivity index (χ0) is 42.6. The van der Waals surface area contributed by atoms with Crippen molar-refractivity contribution < 1.29 is 0 Å². The molecule has 0 amide bonds. The van der Waals surface area contributed by atoms with Gasteiger partial charge in [0.2, 0.25) is 0 Å². The number of aromatic nitrogens is 5. The van der Waals surface area contributed by atoms with Crippen molar-refractivity contribution in [1.29, 1.82) is 0 Å². The molecule has 4 heterocycles. The van der Waals surface area contributed by atoms with Gasteiger partial charge in [-0.2, -0.15) is 0 Å². The zero-order valence-electron chi connectivity index (χ0n) is 34.9. The normalized spacial score (nSPS) is 12.0. The summed E-state index contributed by atoms with van der Waals surface area (Å²) in [6.07, 6.45) is 0. The summed E-state index contributed by atoms with van der Waals surface area (Å²) in [5.41, 5.74) is 9.72. The van der Waals surface area contributed by atoms with Crippen LogP contribution in [-0.2, 0) is 0 Å². The number of hydrogen-bond acceptors (Lipinski definition) is 4. The Morgan fingerprint density at radius 1 is 0.308 bits per heavy atom. The third kappa shape index (κ3) is 5.54. The highest BCUT2D eigenvalue weighted by molar-refractivity contribution is 7.26. The van der Waals surface area contributed by atoms with Crippen molar-refractivity contribution >= 4 is 96.7 Å². The highest BCUT2D eigenvalue weighted by atomic mass is 32.1. The summed E-state index contributed by atoms with van der Waals surface area (Å²) in [6.45, 7) is 0. The molecule has 4 aromatic heterocycles. The molecule has 0 unspecified atom stereocenters. The van der Waals surface area contributed by atoms with Gasteiger partial charge in [0.25, 0.3) is 0 Å². The molecule has 0 fully saturated rings. The summed E-state index contributed by atoms with van der Waals surface area (Å²) in [4.78, 5) is 15.6. The maximum Gasteiger partial charge on any atom is 0.164 e. The third-order valence-electron chi connectivity index (χ3n) is 13.1. The number of benzene rings is 10. The van der Waals surface area contributed by atoms with E-state index < -0.39 is 0 Å². The fraction of sp³-hybridized carbons (Fsp3) is 0. The molecule has 0 saturated heterocycles. The van der Waals surface area contributed by atoms with Crippen molar-refractivity contribution in [3.63, 3.8) is 0 Å². The van der Waals surface area contributed by atoms with E-state index >= 15 is 0 Å². The molecule has 0 aliphatic rings. The second-order valence-corrected chi connectivity index (χ2v) is 17.8. The summed E-state index contributed by atoms with van der Waals surface area (Å²) >= 11 is 1.86. The van der Waals surface area contributed by atoms with Crippen molar-refractivity contribution in [3.8, 4) is 45.5 Å². The molecule has 0 saturated carbocycles. The van der Waals surface area contributed by atoms with Gasteiger partial charge in [-0.25, -0.2) is 15.0 Å². The Hall–Kier alpha value is -8.45. The van der Waals surface area contributed by atoms with Crippen molar-refractivity contribution in [2.45, 2.75) is 0 Å². The lowest BCUT2D eigenvalue weighted by Crippen LogP contribution is -2.01. The predicted octanol–water partition coefficient (Wildman–Crippen LogP) is 15.7. The molecular formula is C59H35N5S. The van der Waals surface area contributed by atoms with E-state index in [1.54, 1.807) is 0 Å². The molecule has 0 atom stereocenters. The van der Waals surface area contributed by atoms with E-state index in [4.69, 9.17) is 15.0 Å². The summed E-state index contributed by atoms with van der Waals surface area (Å²) in [6, 6.07) is 76.3. The van der Waals surface area contributed by atoms with Gasteiger partial charge < -0.3 is 9.13 Å². The topological polar surface area (TPSA) is 48.5 Å². The van der Waals surface area contributed by atoms with E-state index in [2.05, 4.69) is 203 Å². The number of rotatable bonds is 5. The van der Waals surface area contributed by atoms with E-state index in [-0.39, 0.29) is 0 Å². The largest absolute Gasteiger partial charge is 0.309 e. The highest BCUT2D eigenvalue weighted by Crippen LogP contribution is 2.45. The SMILES string of the molecule is c1ccc(-c2nc(-c3ccc4ccccc4c3)nc(-c3ccc4c(c3)c(-n3c5ccccc5c5cc6c7ccccc7n(-c7ccccc7)c6cc53)cc3c5ccccc5sc43)n2)cc1. The molecule has 0 bridgehead atoms. The number of para-hydroxylation sites is 3. The summed E-state index contributed by atoms with van der Waals surface area (Å²) in [5.74, 6) is 1.90. The molecule has 0 N–H and O–H groups in total. The van der Waals surface area contributed by atoms with Crippen molar-refractivity contribution in [1.82, 2.24) is 24.1 Å². The van der Waals surface area contributed by atoms with E-state index in [1.165, 1.54) is 63.5 Å². The summed E-state index contributed by atoms with van der Waals surface area (Å²) < 4.78 is 7.45. The van der Waals surface area contributed by atoms with Gasteiger partial charge in [0, 0.05) is 74.9 Å². The monoisotopic (exact) mass is 845 g/mol. The molecule has 5 nitrogen and oxygen atoms in total. The Kier molecular flexibility index (Phi) is 7.79. The number of thiophene rings is 1. The van der Waals surface area contributed by atoms with Gasteiger partial charge in [0.15, 0.2) is 17.5 Å². The van der Waals surface area contributed by atoms with Crippen LogP contribution in [0.4, 0.5) is 0 Å². The molecule has 14 aromatic rings. The van der Waals surface area contributed by atoms with E-state index in [1.807, 2.05) is 29.5 Å². The second kappa shape index (κ2) is 14.0. The average molecular weight is 846 g/mol. The van der Waals surface area contributed by atoms with Crippen LogP contribution in [0.25, 0.3) is 131 Å². The molecule has 14 rings (SSSR count). The number of nitrogens with zero attached hydrogens (tertiary/aromatic N) is 5. The van der Waals surface area contributed by atoms with Crippen molar-refractivity contribution in [3.05, 3.63) is 212 Å². The fourth-order valence-electron chi connectivity index (χ4n) is 10.1. The fourth-order valence-corrected chi connectivity index (χ4v) is 11.3. The molecule has 302 valence electrons. The first-order valence-electron chi connectivity index (χ1n) is 21.9. The average Bonchev–Trinajstić information content (AvgIpc) is 4.03. The maximum atomic E-state index is 5.27. The summed E-state index contributed by atoms with van der Waals surface area (Å²) in [7, 11) is 0. The van der Waals surface area contributed by atoms with Crippen LogP contribution in [-0.4, -0.2) is 24.1 Å². The molecule has 6 heteroatoms. The van der Waals surface area contributed by atoms with Crippen LogP contribution in [0.3, 0.4) is 0 Å². The Morgan fingerprint density at radius 3 is 1.63 bits per heavy atom. The molecule has 10 aromatic carbocycles. The van der Waals surface area contributed by atoms with Gasteiger partial charge in [-0.3, -0.25) is 0 Å². The predicted molar refractivity (Wildman–Crippen MR) is 273 cm³/mol. The first kappa shape index (κ1) is 36.1. The van der Waals surface area contributed by atoms with E-state index in [9.17, 15) is 0 Å². The minimum Gasteiger partial charge on any atom is -0.309 e. The standard InChI is InChI=1S/C59H35N5S/c1-3-16-37(17-4-1)57-60-58(39-28-27-36-15-7-8-18-38(36)31-39)62-59(61-57)40-29-30-45-46(32-40)52(34-49-44-23-11-14-26-55(44)65-56(45)49)64-51-25-13-10-22-43(51)48-33-47-42-21-9-12-24-50(42)63(53(47)35-54(48)64)41-19-5-2-6-20-41/h1-35H. The molecule has 0 aliphatic carbocycles. The van der Waals surface area contributed by atoms with Crippen LogP contribution in [0.1, 0.15) is 0 Å². The Bertz CT molecular complexity index is 4240. The van der Waals surface area contributed by atoms with Crippen LogP contribution in [0.5, 0.6) is 0 Å². The van der Waals surface area contributed by atoms with Gasteiger partial charge in [-0.15, -0.1) is 11.3 Å². The van der Waals surface area contributed by atoms with Crippen LogP contribution >= 0.6 is 11.3 Å². The summed E-state index contributed by atoms with van der Waals surface area (Å²) in [5, 5.41) is 12.0. The lowest BCUT2D eigenvalue weighted by Gasteiger charge is -2.15. The van der Waals surface area contributed by atoms with Crippen LogP contribution < -0.4 is 0 Å². The first-order chi connectivity index (χ1) is 32.2. The van der Waals surface area contributed by atoms with Gasteiger partial charge >= 0.3 is 0 Å².